The van der Waals surface area contributed by atoms with Crippen LogP contribution in [0.4, 0.5) is 0 Å². The highest BCUT2D eigenvalue weighted by atomic mass is 16.5. The summed E-state index contributed by atoms with van der Waals surface area (Å²) < 4.78 is 5.26. The number of aliphatic carboxylic acids is 1. The number of ether oxygens (including phenoxy) is 1. The molecule has 0 radical (unpaired) electrons. The van der Waals surface area contributed by atoms with Crippen molar-refractivity contribution in [3.63, 3.8) is 0 Å². The van der Waals surface area contributed by atoms with Gasteiger partial charge < -0.3 is 24.6 Å². The summed E-state index contributed by atoms with van der Waals surface area (Å²) in [5.41, 5.74) is 1.95. The maximum Gasteiger partial charge on any atom is 0.295 e. The van der Waals surface area contributed by atoms with E-state index in [2.05, 4.69) is 0 Å². The Morgan fingerprint density at radius 3 is 2.50 bits per heavy atom. The number of aliphatic hydroxyl groups excluding tert-OH is 1. The quantitative estimate of drug-likeness (QED) is 0.426. The van der Waals surface area contributed by atoms with Gasteiger partial charge in [0.15, 0.2) is 0 Å². The number of benzene rings is 2. The number of carbonyl (C=O) groups excluding carboxylic acids is 3. The van der Waals surface area contributed by atoms with Crippen molar-refractivity contribution >= 4 is 23.4 Å². The van der Waals surface area contributed by atoms with Gasteiger partial charge in [-0.1, -0.05) is 42.0 Å². The minimum Gasteiger partial charge on any atom is -0.550 e. The van der Waals surface area contributed by atoms with Crippen LogP contribution < -0.4 is 9.84 Å². The Balaban J connectivity index is 2.11. The molecule has 2 aromatic carbocycles. The average Bonchev–Trinajstić information content (AvgIpc) is 2.98. The van der Waals surface area contributed by atoms with E-state index in [1.807, 2.05) is 6.92 Å². The molecule has 1 aliphatic rings. The van der Waals surface area contributed by atoms with Gasteiger partial charge in [0.1, 0.15) is 11.5 Å². The third-order valence-electron chi connectivity index (χ3n) is 5.05. The second kappa shape index (κ2) is 8.82. The smallest absolute Gasteiger partial charge is 0.295 e. The Morgan fingerprint density at radius 2 is 1.87 bits per heavy atom. The maximum absolute atomic E-state index is 12.9. The van der Waals surface area contributed by atoms with E-state index in [0.29, 0.717) is 16.9 Å². The highest BCUT2D eigenvalue weighted by Crippen LogP contribution is 2.40. The Kier molecular flexibility index (Phi) is 6.20. The SMILES string of the molecule is COc1cccc([C@H]2C(=C(O)c3ccc(C)cc3)C(=O)C(=O)N2CCCC(=O)[O-])c1. The molecule has 3 rings (SSSR count). The molecule has 1 heterocycles. The number of rotatable bonds is 7. The molecule has 0 aromatic heterocycles. The van der Waals surface area contributed by atoms with Crippen molar-refractivity contribution in [2.45, 2.75) is 25.8 Å². The molecule has 1 fully saturated rings. The normalized spacial score (nSPS) is 17.9. The monoisotopic (exact) mass is 408 g/mol. The fourth-order valence-corrected chi connectivity index (χ4v) is 3.53. The third kappa shape index (κ3) is 4.20. The molecule has 1 N–H and O–H groups in total. The number of aryl methyl sites for hydroxylation is 1. The van der Waals surface area contributed by atoms with Crippen molar-refractivity contribution in [3.8, 4) is 5.75 Å². The first-order valence-electron chi connectivity index (χ1n) is 9.52. The predicted molar refractivity (Wildman–Crippen MR) is 107 cm³/mol. The van der Waals surface area contributed by atoms with E-state index >= 15 is 0 Å². The van der Waals surface area contributed by atoms with Crippen molar-refractivity contribution in [3.05, 3.63) is 70.8 Å². The van der Waals surface area contributed by atoms with Gasteiger partial charge in [0, 0.05) is 18.1 Å². The van der Waals surface area contributed by atoms with Crippen molar-refractivity contribution in [2.75, 3.05) is 13.7 Å². The van der Waals surface area contributed by atoms with Gasteiger partial charge >= 0.3 is 0 Å². The van der Waals surface area contributed by atoms with Crippen LogP contribution in [0.5, 0.6) is 5.75 Å². The van der Waals surface area contributed by atoms with Gasteiger partial charge in [-0.2, -0.15) is 0 Å². The molecule has 0 saturated carbocycles. The number of hydrogen-bond acceptors (Lipinski definition) is 6. The molecule has 1 amide bonds. The molecule has 7 heteroatoms. The Bertz CT molecular complexity index is 1010. The van der Waals surface area contributed by atoms with Crippen LogP contribution in [0.3, 0.4) is 0 Å². The number of carboxylic acid groups (broad SMARTS) is 1. The van der Waals surface area contributed by atoms with Gasteiger partial charge in [-0.05, 0) is 37.5 Å². The summed E-state index contributed by atoms with van der Waals surface area (Å²) in [4.78, 5) is 37.7. The number of likely N-dealkylation sites (tertiary alicyclic amines) is 1. The predicted octanol–water partition coefficient (Wildman–Crippen LogP) is 1.96. The van der Waals surface area contributed by atoms with Crippen LogP contribution in [0.25, 0.3) is 5.76 Å². The lowest BCUT2D eigenvalue weighted by Crippen LogP contribution is -2.32. The van der Waals surface area contributed by atoms with E-state index in [4.69, 9.17) is 4.74 Å². The first-order valence-corrected chi connectivity index (χ1v) is 9.52. The van der Waals surface area contributed by atoms with Gasteiger partial charge in [-0.25, -0.2) is 0 Å². The summed E-state index contributed by atoms with van der Waals surface area (Å²) in [7, 11) is 1.50. The molecule has 156 valence electrons. The van der Waals surface area contributed by atoms with Crippen LogP contribution in [0.1, 0.15) is 35.6 Å². The molecular formula is C23H22NO6-. The highest BCUT2D eigenvalue weighted by molar-refractivity contribution is 6.46. The first kappa shape index (κ1) is 21.1. The summed E-state index contributed by atoms with van der Waals surface area (Å²) >= 11 is 0. The van der Waals surface area contributed by atoms with E-state index in [9.17, 15) is 24.6 Å². The zero-order valence-electron chi connectivity index (χ0n) is 16.8. The molecule has 1 atom stereocenters. The van der Waals surface area contributed by atoms with Gasteiger partial charge in [-0.3, -0.25) is 9.59 Å². The minimum absolute atomic E-state index is 0.0328. The Hall–Kier alpha value is -3.61. The van der Waals surface area contributed by atoms with Gasteiger partial charge in [0.25, 0.3) is 11.7 Å². The molecular weight excluding hydrogens is 386 g/mol. The lowest BCUT2D eigenvalue weighted by molar-refractivity contribution is -0.305. The molecule has 0 bridgehead atoms. The van der Waals surface area contributed by atoms with E-state index in [-0.39, 0.29) is 30.7 Å². The second-order valence-electron chi connectivity index (χ2n) is 7.11. The van der Waals surface area contributed by atoms with Crippen molar-refractivity contribution in [1.82, 2.24) is 4.90 Å². The number of nitrogens with zero attached hydrogens (tertiary/aromatic N) is 1. The topological polar surface area (TPSA) is 107 Å². The molecule has 30 heavy (non-hydrogen) atoms. The number of methoxy groups -OCH3 is 1. The molecule has 0 spiro atoms. The summed E-state index contributed by atoms with van der Waals surface area (Å²) in [5.74, 6) is -2.57. The molecule has 7 nitrogen and oxygen atoms in total. The van der Waals surface area contributed by atoms with Crippen LogP contribution in [-0.4, -0.2) is 41.3 Å². The standard InChI is InChI=1S/C23H23NO6/c1-14-8-10-15(11-9-14)21(27)19-20(16-5-3-6-17(13-16)30-2)24(23(29)22(19)28)12-4-7-18(25)26/h3,5-6,8-11,13,20,27H,4,7,12H2,1-2H3,(H,25,26)/p-1/t20-/m0/s1. The molecule has 0 aliphatic carbocycles. The number of hydrogen-bond donors (Lipinski definition) is 1. The molecule has 0 unspecified atom stereocenters. The van der Waals surface area contributed by atoms with Crippen LogP contribution in [-0.2, 0) is 14.4 Å². The number of aliphatic hydroxyl groups is 1. The molecule has 1 aliphatic heterocycles. The second-order valence-corrected chi connectivity index (χ2v) is 7.11. The Labute approximate surface area is 174 Å². The highest BCUT2D eigenvalue weighted by Gasteiger charge is 2.45. The number of carbonyl (C=O) groups is 3. The molecule has 1 saturated heterocycles. The van der Waals surface area contributed by atoms with Crippen molar-refractivity contribution in [2.24, 2.45) is 0 Å². The van der Waals surface area contributed by atoms with E-state index in [1.54, 1.807) is 48.5 Å². The van der Waals surface area contributed by atoms with Gasteiger partial charge in [0.2, 0.25) is 0 Å². The van der Waals surface area contributed by atoms with Crippen LogP contribution in [0, 0.1) is 6.92 Å². The summed E-state index contributed by atoms with van der Waals surface area (Å²) in [5, 5.41) is 21.7. The fourth-order valence-electron chi connectivity index (χ4n) is 3.53. The minimum atomic E-state index is -1.23. The van der Waals surface area contributed by atoms with Crippen LogP contribution >= 0.6 is 0 Å². The number of amides is 1. The van der Waals surface area contributed by atoms with Crippen molar-refractivity contribution in [1.29, 1.82) is 0 Å². The Morgan fingerprint density at radius 1 is 1.17 bits per heavy atom. The number of Topliss-reactive ketones (excluding diaryl/α,β-unsaturated/α-hetero) is 1. The largest absolute Gasteiger partial charge is 0.550 e. The zero-order valence-corrected chi connectivity index (χ0v) is 16.8. The lowest BCUT2D eigenvalue weighted by Gasteiger charge is -2.25. The van der Waals surface area contributed by atoms with E-state index < -0.39 is 23.7 Å². The fraction of sp³-hybridized carbons (Fsp3) is 0.261. The summed E-state index contributed by atoms with van der Waals surface area (Å²) in [6, 6.07) is 13.0. The first-order chi connectivity index (χ1) is 14.3. The van der Waals surface area contributed by atoms with Crippen LogP contribution in [0.15, 0.2) is 54.1 Å². The van der Waals surface area contributed by atoms with Crippen LogP contribution in [0.2, 0.25) is 0 Å². The van der Waals surface area contributed by atoms with Crippen molar-refractivity contribution < 1.29 is 29.3 Å². The summed E-state index contributed by atoms with van der Waals surface area (Å²) in [6.07, 6.45) is -0.119. The third-order valence-corrected chi connectivity index (χ3v) is 5.05. The van der Waals surface area contributed by atoms with E-state index in [1.165, 1.54) is 12.0 Å². The number of ketones is 1. The summed E-state index contributed by atoms with van der Waals surface area (Å²) in [6.45, 7) is 1.93. The van der Waals surface area contributed by atoms with E-state index in [0.717, 1.165) is 5.56 Å². The number of carboxylic acids is 1. The van der Waals surface area contributed by atoms with Gasteiger partial charge in [-0.15, -0.1) is 0 Å². The maximum atomic E-state index is 12.9. The molecule has 2 aromatic rings. The lowest BCUT2D eigenvalue weighted by atomic mass is 9.95. The van der Waals surface area contributed by atoms with Gasteiger partial charge in [0.05, 0.1) is 18.7 Å². The zero-order chi connectivity index (χ0) is 21.8. The average molecular weight is 408 g/mol.